The first kappa shape index (κ1) is 10.6. The monoisotopic (exact) mass is 194 g/mol. The van der Waals surface area contributed by atoms with Gasteiger partial charge in [-0.2, -0.15) is 0 Å². The van der Waals surface area contributed by atoms with Crippen molar-refractivity contribution in [2.75, 3.05) is 0 Å². The minimum Gasteiger partial charge on any atom is -0.508 e. The Morgan fingerprint density at radius 2 is 2.14 bits per heavy atom. The third-order valence-electron chi connectivity index (χ3n) is 2.34. The number of benzene rings is 1. The van der Waals surface area contributed by atoms with Gasteiger partial charge in [0.25, 0.3) is 0 Å². The Hall–Kier alpha value is -1.51. The van der Waals surface area contributed by atoms with Gasteiger partial charge in [-0.1, -0.05) is 19.1 Å². The van der Waals surface area contributed by atoms with Crippen LogP contribution >= 0.6 is 0 Å². The Balaban J connectivity index is 3.06. The van der Waals surface area contributed by atoms with Gasteiger partial charge in [-0.3, -0.25) is 4.79 Å². The Morgan fingerprint density at radius 3 is 2.57 bits per heavy atom. The summed E-state index contributed by atoms with van der Waals surface area (Å²) in [4.78, 5) is 10.8. The maximum Gasteiger partial charge on any atom is 0.310 e. The molecular weight excluding hydrogens is 180 g/mol. The van der Waals surface area contributed by atoms with E-state index >= 15 is 0 Å². The fraction of sp³-hybridized carbons (Fsp3) is 0.364. The van der Waals surface area contributed by atoms with Crippen LogP contribution in [-0.2, 0) is 4.79 Å². The van der Waals surface area contributed by atoms with E-state index in [0.717, 1.165) is 5.56 Å². The lowest BCUT2D eigenvalue weighted by molar-refractivity contribution is -0.138. The molecule has 0 saturated heterocycles. The van der Waals surface area contributed by atoms with E-state index in [1.54, 1.807) is 19.1 Å². The number of rotatable bonds is 3. The van der Waals surface area contributed by atoms with E-state index in [4.69, 9.17) is 5.11 Å². The van der Waals surface area contributed by atoms with E-state index in [9.17, 15) is 9.90 Å². The van der Waals surface area contributed by atoms with Crippen molar-refractivity contribution in [3.05, 3.63) is 29.3 Å². The lowest BCUT2D eigenvalue weighted by Crippen LogP contribution is -2.10. The maximum atomic E-state index is 10.8. The summed E-state index contributed by atoms with van der Waals surface area (Å²) < 4.78 is 0. The maximum absolute atomic E-state index is 10.8. The van der Waals surface area contributed by atoms with E-state index in [1.807, 2.05) is 6.92 Å². The molecule has 0 amide bonds. The summed E-state index contributed by atoms with van der Waals surface area (Å²) in [5, 5.41) is 18.3. The Labute approximate surface area is 83.0 Å². The second-order valence-electron chi connectivity index (χ2n) is 3.34. The smallest absolute Gasteiger partial charge is 0.310 e. The highest BCUT2D eigenvalue weighted by Crippen LogP contribution is 2.25. The first-order chi connectivity index (χ1) is 6.56. The molecule has 0 aliphatic carbocycles. The van der Waals surface area contributed by atoms with Crippen molar-refractivity contribution in [1.82, 2.24) is 0 Å². The predicted molar refractivity (Wildman–Crippen MR) is 53.5 cm³/mol. The van der Waals surface area contributed by atoms with Crippen LogP contribution < -0.4 is 0 Å². The predicted octanol–water partition coefficient (Wildman–Crippen LogP) is 2.28. The minimum atomic E-state index is -0.851. The molecule has 14 heavy (non-hydrogen) atoms. The highest BCUT2D eigenvalue weighted by atomic mass is 16.4. The van der Waals surface area contributed by atoms with E-state index in [-0.39, 0.29) is 5.75 Å². The molecule has 1 aromatic carbocycles. The molecule has 0 bridgehead atoms. The molecule has 1 atom stereocenters. The molecule has 0 aliphatic heterocycles. The van der Waals surface area contributed by atoms with Crippen LogP contribution in [0.25, 0.3) is 0 Å². The van der Waals surface area contributed by atoms with E-state index in [2.05, 4.69) is 0 Å². The number of hydrogen-bond acceptors (Lipinski definition) is 2. The molecule has 1 rings (SSSR count). The first-order valence-electron chi connectivity index (χ1n) is 4.58. The van der Waals surface area contributed by atoms with Crippen LogP contribution in [-0.4, -0.2) is 16.2 Å². The summed E-state index contributed by atoms with van der Waals surface area (Å²) in [6.07, 6.45) is 0.526. The number of carbonyl (C=O) groups is 1. The highest BCUT2D eigenvalue weighted by Gasteiger charge is 2.17. The average Bonchev–Trinajstić information content (AvgIpc) is 2.11. The average molecular weight is 194 g/mol. The second kappa shape index (κ2) is 4.13. The van der Waals surface area contributed by atoms with Crippen molar-refractivity contribution in [2.24, 2.45) is 0 Å². The normalized spacial score (nSPS) is 12.4. The Morgan fingerprint density at radius 1 is 1.50 bits per heavy atom. The fourth-order valence-corrected chi connectivity index (χ4v) is 1.40. The van der Waals surface area contributed by atoms with Gasteiger partial charge in [0, 0.05) is 0 Å². The molecule has 0 spiro atoms. The highest BCUT2D eigenvalue weighted by molar-refractivity contribution is 5.76. The summed E-state index contributed by atoms with van der Waals surface area (Å²) in [6.45, 7) is 3.59. The molecular formula is C11H14O3. The third kappa shape index (κ3) is 2.05. The van der Waals surface area contributed by atoms with Crippen LogP contribution in [0.15, 0.2) is 18.2 Å². The molecule has 3 heteroatoms. The van der Waals surface area contributed by atoms with Crippen LogP contribution in [0.2, 0.25) is 0 Å². The lowest BCUT2D eigenvalue weighted by atomic mass is 9.95. The molecule has 0 fully saturated rings. The van der Waals surface area contributed by atoms with Crippen molar-refractivity contribution in [1.29, 1.82) is 0 Å². The summed E-state index contributed by atoms with van der Waals surface area (Å²) in [7, 11) is 0. The van der Waals surface area contributed by atoms with Gasteiger partial charge in [-0.25, -0.2) is 0 Å². The van der Waals surface area contributed by atoms with Gasteiger partial charge < -0.3 is 10.2 Å². The number of phenols is 1. The van der Waals surface area contributed by atoms with Gasteiger partial charge in [-0.15, -0.1) is 0 Å². The number of aryl methyl sites for hydroxylation is 1. The fourth-order valence-electron chi connectivity index (χ4n) is 1.40. The summed E-state index contributed by atoms with van der Waals surface area (Å²) in [5.74, 6) is -1.22. The zero-order chi connectivity index (χ0) is 10.7. The van der Waals surface area contributed by atoms with Gasteiger partial charge in [0.1, 0.15) is 5.75 Å². The molecule has 2 N–H and O–H groups in total. The summed E-state index contributed by atoms with van der Waals surface area (Å²) in [6, 6.07) is 5.01. The number of carboxylic acids is 1. The third-order valence-corrected chi connectivity index (χ3v) is 2.34. The van der Waals surface area contributed by atoms with Crippen molar-refractivity contribution in [2.45, 2.75) is 26.2 Å². The first-order valence-corrected chi connectivity index (χ1v) is 4.58. The van der Waals surface area contributed by atoms with Crippen LogP contribution in [0.3, 0.4) is 0 Å². The quantitative estimate of drug-likeness (QED) is 0.776. The lowest BCUT2D eigenvalue weighted by Gasteiger charge is -2.10. The largest absolute Gasteiger partial charge is 0.508 e. The molecule has 1 aromatic rings. The Bertz CT molecular complexity index is 344. The van der Waals surface area contributed by atoms with Gasteiger partial charge in [0.15, 0.2) is 0 Å². The van der Waals surface area contributed by atoms with Gasteiger partial charge in [0.05, 0.1) is 5.92 Å². The Kier molecular flexibility index (Phi) is 3.12. The molecule has 0 aliphatic rings. The van der Waals surface area contributed by atoms with Crippen molar-refractivity contribution in [3.8, 4) is 5.75 Å². The van der Waals surface area contributed by atoms with Crippen LogP contribution in [0, 0.1) is 6.92 Å². The minimum absolute atomic E-state index is 0.155. The van der Waals surface area contributed by atoms with E-state index in [1.165, 1.54) is 6.07 Å². The van der Waals surface area contributed by atoms with Crippen LogP contribution in [0.4, 0.5) is 0 Å². The van der Waals surface area contributed by atoms with Gasteiger partial charge >= 0.3 is 5.97 Å². The SMILES string of the molecule is CCC(C(=O)O)c1ccc(C)c(O)c1. The molecule has 76 valence electrons. The van der Waals surface area contributed by atoms with Crippen LogP contribution in [0.5, 0.6) is 5.75 Å². The number of phenolic OH excluding ortho intramolecular Hbond substituents is 1. The van der Waals surface area contributed by atoms with Crippen molar-refractivity contribution in [3.63, 3.8) is 0 Å². The molecule has 0 aromatic heterocycles. The van der Waals surface area contributed by atoms with E-state index < -0.39 is 11.9 Å². The number of aliphatic carboxylic acids is 1. The van der Waals surface area contributed by atoms with Gasteiger partial charge in [-0.05, 0) is 30.5 Å². The van der Waals surface area contributed by atoms with Crippen LogP contribution in [0.1, 0.15) is 30.4 Å². The summed E-state index contributed by atoms with van der Waals surface area (Å²) >= 11 is 0. The van der Waals surface area contributed by atoms with Crippen molar-refractivity contribution < 1.29 is 15.0 Å². The number of aromatic hydroxyl groups is 1. The molecule has 0 saturated carbocycles. The van der Waals surface area contributed by atoms with Crippen molar-refractivity contribution >= 4 is 5.97 Å². The topological polar surface area (TPSA) is 57.5 Å². The number of hydrogen-bond donors (Lipinski definition) is 2. The van der Waals surface area contributed by atoms with Gasteiger partial charge in [0.2, 0.25) is 0 Å². The summed E-state index contributed by atoms with van der Waals surface area (Å²) in [5.41, 5.74) is 1.41. The second-order valence-corrected chi connectivity index (χ2v) is 3.34. The standard InChI is InChI=1S/C11H14O3/c1-3-9(11(13)14)8-5-4-7(2)10(12)6-8/h4-6,9,12H,3H2,1-2H3,(H,13,14). The molecule has 0 radical (unpaired) electrons. The number of carboxylic acid groups (broad SMARTS) is 1. The molecule has 3 nitrogen and oxygen atoms in total. The zero-order valence-electron chi connectivity index (χ0n) is 8.32. The zero-order valence-corrected chi connectivity index (χ0v) is 8.32. The molecule has 1 unspecified atom stereocenters. The van der Waals surface area contributed by atoms with E-state index in [0.29, 0.717) is 12.0 Å². The molecule has 0 heterocycles.